The first-order valence-corrected chi connectivity index (χ1v) is 8.65. The minimum Gasteiger partial charge on any atom is -0.332 e. The highest BCUT2D eigenvalue weighted by atomic mass is 32.3. The minimum atomic E-state index is -4.73. The Morgan fingerprint density at radius 1 is 1.26 bits per heavy atom. The van der Waals surface area contributed by atoms with Crippen molar-refractivity contribution in [3.8, 4) is 0 Å². The van der Waals surface area contributed by atoms with Crippen molar-refractivity contribution in [2.75, 3.05) is 6.54 Å². The molecule has 2 heterocycles. The Labute approximate surface area is 133 Å². The third-order valence-electron chi connectivity index (χ3n) is 4.00. The molecule has 2 unspecified atom stereocenters. The summed E-state index contributed by atoms with van der Waals surface area (Å²) in [7, 11) is -4.73. The van der Waals surface area contributed by atoms with Gasteiger partial charge in [-0.05, 0) is 11.6 Å². The number of halogens is 1. The fraction of sp³-hybridized carbons (Fsp3) is 0.333. The monoisotopic (exact) mass is 337 g/mol. The van der Waals surface area contributed by atoms with E-state index in [1.54, 1.807) is 23.1 Å². The molecule has 1 saturated heterocycles. The zero-order chi connectivity index (χ0) is 16.4. The number of likely N-dealkylation sites (tertiary alicyclic amines) is 1. The third-order valence-corrected chi connectivity index (χ3v) is 5.11. The molecule has 0 saturated carbocycles. The molecule has 1 aliphatic rings. The zero-order valence-electron chi connectivity index (χ0n) is 12.2. The summed E-state index contributed by atoms with van der Waals surface area (Å²) in [6.07, 6.45) is 3.07. The largest absolute Gasteiger partial charge is 0.332 e. The topological polar surface area (TPSA) is 72.3 Å². The summed E-state index contributed by atoms with van der Waals surface area (Å²) in [5.74, 6) is -0.364. The van der Waals surface area contributed by atoms with Gasteiger partial charge in [0.15, 0.2) is 0 Å². The quantitative estimate of drug-likeness (QED) is 0.776. The standard InChI is InChI=1S/C15H16FN3O3S/c16-23(21,22)13-9-15(20)19(10-13)14(11-18-8-4-7-17-18)12-5-2-1-3-6-12/h1-8,13-14H,9-11H2. The molecule has 1 amide bonds. The Morgan fingerprint density at radius 2 is 2.00 bits per heavy atom. The number of nitrogens with zero attached hydrogens (tertiary/aromatic N) is 3. The summed E-state index contributed by atoms with van der Waals surface area (Å²) in [5.41, 5.74) is 0.855. The van der Waals surface area contributed by atoms with E-state index >= 15 is 0 Å². The molecule has 8 heteroatoms. The van der Waals surface area contributed by atoms with Gasteiger partial charge in [-0.15, -0.1) is 3.89 Å². The van der Waals surface area contributed by atoms with Crippen molar-refractivity contribution < 1.29 is 17.1 Å². The fourth-order valence-electron chi connectivity index (χ4n) is 2.83. The van der Waals surface area contributed by atoms with Crippen LogP contribution in [0.25, 0.3) is 0 Å². The Hall–Kier alpha value is -2.22. The fourth-order valence-corrected chi connectivity index (χ4v) is 3.51. The van der Waals surface area contributed by atoms with Crippen LogP contribution in [0.3, 0.4) is 0 Å². The molecule has 1 fully saturated rings. The number of carbonyl (C=O) groups is 1. The van der Waals surface area contributed by atoms with Crippen LogP contribution in [0.4, 0.5) is 3.89 Å². The first-order valence-electron chi connectivity index (χ1n) is 7.20. The molecule has 122 valence electrons. The van der Waals surface area contributed by atoms with Crippen molar-refractivity contribution in [3.05, 3.63) is 54.4 Å². The second-order valence-electron chi connectivity index (χ2n) is 5.50. The lowest BCUT2D eigenvalue weighted by Crippen LogP contribution is -2.34. The van der Waals surface area contributed by atoms with Gasteiger partial charge in [0.05, 0.1) is 12.6 Å². The Bertz CT molecular complexity index is 778. The normalized spacial score (nSPS) is 20.0. The molecule has 0 bridgehead atoms. The average Bonchev–Trinajstić information content (AvgIpc) is 3.15. The lowest BCUT2D eigenvalue weighted by molar-refractivity contribution is -0.130. The maximum absolute atomic E-state index is 13.3. The van der Waals surface area contributed by atoms with E-state index in [2.05, 4.69) is 5.10 Å². The Balaban J connectivity index is 1.91. The van der Waals surface area contributed by atoms with Crippen molar-refractivity contribution in [1.82, 2.24) is 14.7 Å². The molecule has 1 aliphatic heterocycles. The van der Waals surface area contributed by atoms with Gasteiger partial charge >= 0.3 is 10.2 Å². The number of carbonyl (C=O) groups excluding carboxylic acids is 1. The second-order valence-corrected chi connectivity index (χ2v) is 7.12. The van der Waals surface area contributed by atoms with Crippen LogP contribution >= 0.6 is 0 Å². The van der Waals surface area contributed by atoms with Gasteiger partial charge in [-0.1, -0.05) is 30.3 Å². The van der Waals surface area contributed by atoms with Crippen LogP contribution in [0.15, 0.2) is 48.8 Å². The third kappa shape index (κ3) is 3.42. The van der Waals surface area contributed by atoms with Gasteiger partial charge in [-0.25, -0.2) is 0 Å². The van der Waals surface area contributed by atoms with Crippen LogP contribution in [-0.4, -0.2) is 40.8 Å². The van der Waals surface area contributed by atoms with Gasteiger partial charge in [0.25, 0.3) is 0 Å². The first-order chi connectivity index (χ1) is 10.9. The predicted molar refractivity (Wildman–Crippen MR) is 81.6 cm³/mol. The molecule has 1 aromatic heterocycles. The van der Waals surface area contributed by atoms with E-state index in [0.717, 1.165) is 5.56 Å². The average molecular weight is 337 g/mol. The maximum atomic E-state index is 13.3. The van der Waals surface area contributed by atoms with E-state index in [9.17, 15) is 17.1 Å². The van der Waals surface area contributed by atoms with Crippen LogP contribution in [0.5, 0.6) is 0 Å². The summed E-state index contributed by atoms with van der Waals surface area (Å²) in [4.78, 5) is 13.7. The second kappa shape index (κ2) is 6.11. The Kier molecular flexibility index (Phi) is 4.16. The summed E-state index contributed by atoms with van der Waals surface area (Å²) in [6.45, 7) is 0.236. The van der Waals surface area contributed by atoms with Crippen molar-refractivity contribution in [1.29, 1.82) is 0 Å². The predicted octanol–water partition coefficient (Wildman–Crippen LogP) is 1.52. The van der Waals surface area contributed by atoms with Gasteiger partial charge in [0.1, 0.15) is 5.25 Å². The number of benzene rings is 1. The van der Waals surface area contributed by atoms with Crippen molar-refractivity contribution in [2.24, 2.45) is 0 Å². The molecule has 0 N–H and O–H groups in total. The number of hydrogen-bond acceptors (Lipinski definition) is 4. The van der Waals surface area contributed by atoms with Crippen LogP contribution in [0, 0.1) is 0 Å². The lowest BCUT2D eigenvalue weighted by Gasteiger charge is -2.28. The van der Waals surface area contributed by atoms with E-state index in [1.807, 2.05) is 30.3 Å². The molecule has 2 aromatic rings. The van der Waals surface area contributed by atoms with Crippen molar-refractivity contribution in [3.63, 3.8) is 0 Å². The summed E-state index contributed by atoms with van der Waals surface area (Å²) >= 11 is 0. The minimum absolute atomic E-state index is 0.140. The van der Waals surface area contributed by atoms with Crippen LogP contribution in [0.1, 0.15) is 18.0 Å². The highest BCUT2D eigenvalue weighted by Crippen LogP contribution is 2.30. The number of amides is 1. The number of hydrogen-bond donors (Lipinski definition) is 0. The van der Waals surface area contributed by atoms with E-state index in [1.165, 1.54) is 4.90 Å². The van der Waals surface area contributed by atoms with E-state index in [4.69, 9.17) is 0 Å². The van der Waals surface area contributed by atoms with Crippen LogP contribution < -0.4 is 0 Å². The highest BCUT2D eigenvalue weighted by molar-refractivity contribution is 7.87. The molecule has 0 aliphatic carbocycles. The van der Waals surface area contributed by atoms with E-state index < -0.39 is 21.5 Å². The van der Waals surface area contributed by atoms with Gasteiger partial charge in [-0.2, -0.15) is 13.5 Å². The van der Waals surface area contributed by atoms with Crippen molar-refractivity contribution in [2.45, 2.75) is 24.3 Å². The van der Waals surface area contributed by atoms with Gasteiger partial charge in [0.2, 0.25) is 5.91 Å². The summed E-state index contributed by atoms with van der Waals surface area (Å²) in [6, 6.07) is 10.6. The van der Waals surface area contributed by atoms with Crippen LogP contribution in [0.2, 0.25) is 0 Å². The summed E-state index contributed by atoms with van der Waals surface area (Å²) in [5, 5.41) is 2.84. The smallest absolute Gasteiger partial charge is 0.307 e. The van der Waals surface area contributed by atoms with E-state index in [0.29, 0.717) is 6.54 Å². The van der Waals surface area contributed by atoms with Gasteiger partial charge in [-0.3, -0.25) is 9.48 Å². The first kappa shape index (κ1) is 15.7. The lowest BCUT2D eigenvalue weighted by atomic mass is 10.1. The molecule has 0 radical (unpaired) electrons. The number of aromatic nitrogens is 2. The SMILES string of the molecule is O=C1CC(S(=O)(=O)F)CN1C(Cn1cccn1)c1ccccc1. The van der Waals surface area contributed by atoms with Crippen molar-refractivity contribution >= 4 is 16.1 Å². The molecular formula is C15H16FN3O3S. The highest BCUT2D eigenvalue weighted by Gasteiger charge is 2.41. The van der Waals surface area contributed by atoms with Crippen LogP contribution in [-0.2, 0) is 21.6 Å². The molecule has 3 rings (SSSR count). The molecule has 23 heavy (non-hydrogen) atoms. The summed E-state index contributed by atoms with van der Waals surface area (Å²) < 4.78 is 37.2. The molecular weight excluding hydrogens is 321 g/mol. The Morgan fingerprint density at radius 3 is 2.57 bits per heavy atom. The molecule has 2 atom stereocenters. The zero-order valence-corrected chi connectivity index (χ0v) is 13.1. The van der Waals surface area contributed by atoms with E-state index in [-0.39, 0.29) is 18.9 Å². The molecule has 1 aromatic carbocycles. The molecule has 6 nitrogen and oxygen atoms in total. The van der Waals surface area contributed by atoms with Gasteiger partial charge in [0, 0.05) is 25.4 Å². The molecule has 0 spiro atoms. The van der Waals surface area contributed by atoms with Gasteiger partial charge < -0.3 is 4.90 Å². The maximum Gasteiger partial charge on any atom is 0.307 e. The number of rotatable bonds is 5.